The van der Waals surface area contributed by atoms with Crippen molar-refractivity contribution in [2.45, 2.75) is 6.18 Å². The van der Waals surface area contributed by atoms with Gasteiger partial charge in [0.15, 0.2) is 0 Å². The Morgan fingerprint density at radius 2 is 1.82 bits per heavy atom. The van der Waals surface area contributed by atoms with E-state index in [1.807, 2.05) is 0 Å². The number of nitrogens with zero attached hydrogens (tertiary/aromatic N) is 2. The molecule has 2 aromatic heterocycles. The Bertz CT molecular complexity index is 797. The average Bonchev–Trinajstić information content (AvgIpc) is 2.97. The fourth-order valence-corrected chi connectivity index (χ4v) is 2.72. The van der Waals surface area contributed by atoms with E-state index in [1.165, 1.54) is 17.4 Å². The number of hydrogen-bond acceptors (Lipinski definition) is 3. The maximum Gasteiger partial charge on any atom is 0.419 e. The van der Waals surface area contributed by atoms with Crippen LogP contribution in [0.2, 0.25) is 0 Å². The van der Waals surface area contributed by atoms with Crippen molar-refractivity contribution >= 4 is 11.3 Å². The Labute approximate surface area is 127 Å². The predicted octanol–water partition coefficient (Wildman–Crippen LogP) is 5.03. The number of pyridine rings is 1. The van der Waals surface area contributed by atoms with Crippen LogP contribution in [0.4, 0.5) is 17.6 Å². The average molecular weight is 324 g/mol. The molecule has 3 aromatic rings. The number of alkyl halides is 3. The number of benzene rings is 1. The summed E-state index contributed by atoms with van der Waals surface area (Å²) in [5.74, 6) is -1.29. The molecule has 0 spiro atoms. The lowest BCUT2D eigenvalue weighted by Crippen LogP contribution is -2.08. The second-order valence-electron chi connectivity index (χ2n) is 4.45. The predicted molar refractivity (Wildman–Crippen MR) is 75.7 cm³/mol. The first-order valence-corrected chi connectivity index (χ1v) is 7.07. The van der Waals surface area contributed by atoms with E-state index < -0.39 is 17.6 Å². The maximum atomic E-state index is 13.3. The van der Waals surface area contributed by atoms with Gasteiger partial charge < -0.3 is 0 Å². The SMILES string of the molecule is Fc1ccc(-c2csc(-c3ccccn3)n2)cc1C(F)(F)F. The molecule has 0 saturated carbocycles. The highest BCUT2D eigenvalue weighted by atomic mass is 32.1. The Morgan fingerprint density at radius 1 is 1.00 bits per heavy atom. The van der Waals surface area contributed by atoms with Crippen molar-refractivity contribution in [1.29, 1.82) is 0 Å². The summed E-state index contributed by atoms with van der Waals surface area (Å²) >= 11 is 1.27. The highest BCUT2D eigenvalue weighted by molar-refractivity contribution is 7.13. The molecule has 2 heterocycles. The molecular weight excluding hydrogens is 316 g/mol. The summed E-state index contributed by atoms with van der Waals surface area (Å²) in [6.07, 6.45) is -3.13. The normalized spacial score (nSPS) is 11.6. The zero-order chi connectivity index (χ0) is 15.7. The molecule has 0 aliphatic carbocycles. The molecule has 0 amide bonds. The first kappa shape index (κ1) is 14.6. The Balaban J connectivity index is 2.01. The summed E-state index contributed by atoms with van der Waals surface area (Å²) in [7, 11) is 0. The second kappa shape index (κ2) is 5.49. The lowest BCUT2D eigenvalue weighted by Gasteiger charge is -2.09. The van der Waals surface area contributed by atoms with Gasteiger partial charge in [-0.3, -0.25) is 4.98 Å². The third-order valence-corrected chi connectivity index (χ3v) is 3.82. The van der Waals surface area contributed by atoms with Crippen molar-refractivity contribution in [3.63, 3.8) is 0 Å². The number of rotatable bonds is 2. The summed E-state index contributed by atoms with van der Waals surface area (Å²) in [4.78, 5) is 8.40. The van der Waals surface area contributed by atoms with Gasteiger partial charge in [0.1, 0.15) is 10.8 Å². The lowest BCUT2D eigenvalue weighted by molar-refractivity contribution is -0.139. The summed E-state index contributed by atoms with van der Waals surface area (Å²) in [6, 6.07) is 8.16. The van der Waals surface area contributed by atoms with Gasteiger partial charge in [0, 0.05) is 17.1 Å². The summed E-state index contributed by atoms with van der Waals surface area (Å²) in [5, 5.41) is 2.21. The fourth-order valence-electron chi connectivity index (χ4n) is 1.92. The van der Waals surface area contributed by atoms with Crippen LogP contribution >= 0.6 is 11.3 Å². The minimum atomic E-state index is -4.74. The molecule has 0 saturated heterocycles. The van der Waals surface area contributed by atoms with E-state index in [2.05, 4.69) is 9.97 Å². The van der Waals surface area contributed by atoms with Crippen molar-refractivity contribution < 1.29 is 17.6 Å². The van der Waals surface area contributed by atoms with E-state index in [1.54, 1.807) is 29.8 Å². The zero-order valence-electron chi connectivity index (χ0n) is 10.9. The van der Waals surface area contributed by atoms with Gasteiger partial charge in [0.2, 0.25) is 0 Å². The van der Waals surface area contributed by atoms with Crippen LogP contribution in [0, 0.1) is 5.82 Å². The van der Waals surface area contributed by atoms with Gasteiger partial charge in [0.05, 0.1) is 17.0 Å². The molecule has 22 heavy (non-hydrogen) atoms. The minimum Gasteiger partial charge on any atom is -0.254 e. The van der Waals surface area contributed by atoms with Crippen molar-refractivity contribution in [1.82, 2.24) is 9.97 Å². The molecule has 0 atom stereocenters. The first-order chi connectivity index (χ1) is 10.4. The molecule has 0 bridgehead atoms. The Kier molecular flexibility index (Phi) is 3.66. The van der Waals surface area contributed by atoms with E-state index in [0.29, 0.717) is 16.4 Å². The van der Waals surface area contributed by atoms with Crippen LogP contribution in [0.5, 0.6) is 0 Å². The van der Waals surface area contributed by atoms with Crippen LogP contribution in [0.15, 0.2) is 48.0 Å². The van der Waals surface area contributed by atoms with E-state index in [9.17, 15) is 17.6 Å². The van der Waals surface area contributed by atoms with Crippen LogP contribution in [0.1, 0.15) is 5.56 Å². The molecule has 0 unspecified atom stereocenters. The highest BCUT2D eigenvalue weighted by Gasteiger charge is 2.34. The van der Waals surface area contributed by atoms with Gasteiger partial charge in [-0.05, 0) is 30.3 Å². The highest BCUT2D eigenvalue weighted by Crippen LogP contribution is 2.35. The third kappa shape index (κ3) is 2.85. The van der Waals surface area contributed by atoms with Crippen molar-refractivity contribution in [3.8, 4) is 22.0 Å². The van der Waals surface area contributed by atoms with Gasteiger partial charge in [-0.2, -0.15) is 13.2 Å². The number of aromatic nitrogens is 2. The summed E-state index contributed by atoms with van der Waals surface area (Å²) < 4.78 is 51.5. The molecule has 0 N–H and O–H groups in total. The lowest BCUT2D eigenvalue weighted by atomic mass is 10.1. The first-order valence-electron chi connectivity index (χ1n) is 6.19. The van der Waals surface area contributed by atoms with Crippen LogP contribution in [0.3, 0.4) is 0 Å². The standard InChI is InChI=1S/C15H8F4N2S/c16-11-5-4-9(7-10(11)15(17,18)19)13-8-22-14(21-13)12-3-1-2-6-20-12/h1-8H. The van der Waals surface area contributed by atoms with Crippen LogP contribution in [-0.4, -0.2) is 9.97 Å². The van der Waals surface area contributed by atoms with E-state index in [0.717, 1.165) is 12.1 Å². The molecule has 0 radical (unpaired) electrons. The molecule has 112 valence electrons. The Morgan fingerprint density at radius 3 is 2.50 bits per heavy atom. The molecule has 3 rings (SSSR count). The topological polar surface area (TPSA) is 25.8 Å². The van der Waals surface area contributed by atoms with Gasteiger partial charge >= 0.3 is 6.18 Å². The third-order valence-electron chi connectivity index (χ3n) is 2.96. The Hall–Kier alpha value is -2.28. The number of thiazole rings is 1. The minimum absolute atomic E-state index is 0.215. The maximum absolute atomic E-state index is 13.3. The van der Waals surface area contributed by atoms with Gasteiger partial charge in [-0.15, -0.1) is 11.3 Å². The van der Waals surface area contributed by atoms with Crippen molar-refractivity contribution in [3.05, 3.63) is 59.4 Å². The van der Waals surface area contributed by atoms with Crippen molar-refractivity contribution in [2.24, 2.45) is 0 Å². The molecular formula is C15H8F4N2S. The molecule has 7 heteroatoms. The molecule has 0 fully saturated rings. The number of halogens is 4. The molecule has 2 nitrogen and oxygen atoms in total. The van der Waals surface area contributed by atoms with Gasteiger partial charge in [0.25, 0.3) is 0 Å². The van der Waals surface area contributed by atoms with E-state index >= 15 is 0 Å². The van der Waals surface area contributed by atoms with Gasteiger partial charge in [-0.25, -0.2) is 9.37 Å². The quantitative estimate of drug-likeness (QED) is 0.618. The molecule has 0 aliphatic rings. The van der Waals surface area contributed by atoms with E-state index in [-0.39, 0.29) is 5.56 Å². The van der Waals surface area contributed by atoms with E-state index in [4.69, 9.17) is 0 Å². The zero-order valence-corrected chi connectivity index (χ0v) is 11.7. The number of hydrogen-bond donors (Lipinski definition) is 0. The van der Waals surface area contributed by atoms with Gasteiger partial charge in [-0.1, -0.05) is 6.07 Å². The molecule has 1 aromatic carbocycles. The largest absolute Gasteiger partial charge is 0.419 e. The smallest absolute Gasteiger partial charge is 0.254 e. The summed E-state index contributed by atoms with van der Waals surface area (Å²) in [6.45, 7) is 0. The van der Waals surface area contributed by atoms with Crippen LogP contribution < -0.4 is 0 Å². The second-order valence-corrected chi connectivity index (χ2v) is 5.30. The van der Waals surface area contributed by atoms with Crippen LogP contribution in [-0.2, 0) is 6.18 Å². The van der Waals surface area contributed by atoms with Crippen LogP contribution in [0.25, 0.3) is 22.0 Å². The molecule has 0 aliphatic heterocycles. The monoisotopic (exact) mass is 324 g/mol. The fraction of sp³-hybridized carbons (Fsp3) is 0.0667. The summed E-state index contributed by atoms with van der Waals surface area (Å²) in [5.41, 5.74) is -0.0856. The van der Waals surface area contributed by atoms with Crippen molar-refractivity contribution in [2.75, 3.05) is 0 Å².